The van der Waals surface area contributed by atoms with Crippen molar-refractivity contribution in [2.45, 2.75) is 6.92 Å². The van der Waals surface area contributed by atoms with Crippen molar-refractivity contribution in [1.29, 1.82) is 0 Å². The minimum absolute atomic E-state index is 1.09. The van der Waals surface area contributed by atoms with Gasteiger partial charge in [-0.3, -0.25) is 15.0 Å². The Morgan fingerprint density at radius 1 is 0.520 bits per heavy atom. The molecule has 3 heterocycles. The number of aromatic nitrogens is 3. The molecule has 25 heavy (non-hydrogen) atoms. The van der Waals surface area contributed by atoms with Crippen LogP contribution in [0.3, 0.4) is 0 Å². The number of aryl methyl sites for hydroxylation is 1. The summed E-state index contributed by atoms with van der Waals surface area (Å²) in [7, 11) is 0. The maximum Gasteiger partial charge on any atom is 0.0346 e. The van der Waals surface area contributed by atoms with Gasteiger partial charge in [-0.15, -0.1) is 0 Å². The number of benzene rings is 1. The zero-order valence-electron chi connectivity index (χ0n) is 13.9. The van der Waals surface area contributed by atoms with Crippen LogP contribution >= 0.6 is 0 Å². The lowest BCUT2D eigenvalue weighted by atomic mass is 9.94. The second kappa shape index (κ2) is 6.65. The largest absolute Gasteiger partial charge is 0.264 e. The Kier molecular flexibility index (Phi) is 4.05. The summed E-state index contributed by atoms with van der Waals surface area (Å²) in [4.78, 5) is 12.9. The highest BCUT2D eigenvalue weighted by molar-refractivity contribution is 5.80. The third-order valence-electron chi connectivity index (χ3n) is 4.13. The normalized spacial score (nSPS) is 10.6. The molecule has 0 aliphatic rings. The van der Waals surface area contributed by atoms with E-state index in [4.69, 9.17) is 0 Å². The van der Waals surface area contributed by atoms with Gasteiger partial charge in [0.1, 0.15) is 0 Å². The van der Waals surface area contributed by atoms with Gasteiger partial charge in [-0.25, -0.2) is 0 Å². The first-order chi connectivity index (χ1) is 12.3. The van der Waals surface area contributed by atoms with Crippen LogP contribution in [0, 0.1) is 6.92 Å². The fourth-order valence-electron chi connectivity index (χ4n) is 2.91. The van der Waals surface area contributed by atoms with Gasteiger partial charge in [-0.05, 0) is 65.6 Å². The van der Waals surface area contributed by atoms with Gasteiger partial charge in [0, 0.05) is 53.9 Å². The van der Waals surface area contributed by atoms with E-state index < -0.39 is 0 Å². The summed E-state index contributed by atoms with van der Waals surface area (Å²) in [5.74, 6) is 0. The van der Waals surface area contributed by atoms with E-state index in [-0.39, 0.29) is 0 Å². The van der Waals surface area contributed by atoms with E-state index in [9.17, 15) is 0 Å². The van der Waals surface area contributed by atoms with Gasteiger partial charge in [0.25, 0.3) is 0 Å². The van der Waals surface area contributed by atoms with E-state index in [1.807, 2.05) is 36.9 Å². The molecule has 4 aromatic rings. The lowest BCUT2D eigenvalue weighted by Gasteiger charge is -2.11. The molecule has 0 aliphatic carbocycles. The second-order valence-electron chi connectivity index (χ2n) is 6.03. The Morgan fingerprint density at radius 2 is 1.04 bits per heavy atom. The molecule has 0 bridgehead atoms. The number of nitrogens with zero attached hydrogens (tertiary/aromatic N) is 3. The standard InChI is InChI=1S/C22H17N3/c1-16-8-22(15-25-12-16)21-10-19(17-4-2-6-23-13-17)9-20(11-21)18-5-3-7-24-14-18/h2-15H,1H3. The van der Waals surface area contributed by atoms with Gasteiger partial charge in [-0.1, -0.05) is 12.1 Å². The molecule has 0 aliphatic heterocycles. The van der Waals surface area contributed by atoms with Crippen LogP contribution in [-0.4, -0.2) is 15.0 Å². The molecule has 0 saturated heterocycles. The van der Waals surface area contributed by atoms with Gasteiger partial charge >= 0.3 is 0 Å². The Bertz CT molecular complexity index is 938. The van der Waals surface area contributed by atoms with E-state index in [1.54, 1.807) is 12.4 Å². The van der Waals surface area contributed by atoms with Crippen LogP contribution < -0.4 is 0 Å². The zero-order valence-corrected chi connectivity index (χ0v) is 13.9. The SMILES string of the molecule is Cc1cncc(-c2cc(-c3cccnc3)cc(-c3cccnc3)c2)c1. The molecule has 4 rings (SSSR count). The van der Waals surface area contributed by atoms with Crippen molar-refractivity contribution < 1.29 is 0 Å². The summed E-state index contributed by atoms with van der Waals surface area (Å²) >= 11 is 0. The molecule has 3 nitrogen and oxygen atoms in total. The van der Waals surface area contributed by atoms with Crippen molar-refractivity contribution in [2.75, 3.05) is 0 Å². The smallest absolute Gasteiger partial charge is 0.0346 e. The topological polar surface area (TPSA) is 38.7 Å². The minimum Gasteiger partial charge on any atom is -0.264 e. The quantitative estimate of drug-likeness (QED) is 0.521. The highest BCUT2D eigenvalue weighted by atomic mass is 14.6. The van der Waals surface area contributed by atoms with E-state index >= 15 is 0 Å². The number of hydrogen-bond donors (Lipinski definition) is 0. The Morgan fingerprint density at radius 3 is 1.52 bits per heavy atom. The summed E-state index contributed by atoms with van der Waals surface area (Å²) < 4.78 is 0. The first kappa shape index (κ1) is 15.2. The Balaban J connectivity index is 1.92. The molecule has 0 amide bonds. The van der Waals surface area contributed by atoms with Crippen LogP contribution in [0.2, 0.25) is 0 Å². The van der Waals surface area contributed by atoms with Gasteiger partial charge in [0.05, 0.1) is 0 Å². The van der Waals surface area contributed by atoms with Crippen molar-refractivity contribution in [2.24, 2.45) is 0 Å². The van der Waals surface area contributed by atoms with Crippen LogP contribution in [-0.2, 0) is 0 Å². The van der Waals surface area contributed by atoms with Gasteiger partial charge in [0.2, 0.25) is 0 Å². The lowest BCUT2D eigenvalue weighted by molar-refractivity contribution is 1.27. The van der Waals surface area contributed by atoms with Crippen LogP contribution in [0.25, 0.3) is 33.4 Å². The Hall–Kier alpha value is -3.33. The van der Waals surface area contributed by atoms with E-state index in [0.717, 1.165) is 38.9 Å². The molecule has 0 spiro atoms. The monoisotopic (exact) mass is 323 g/mol. The van der Waals surface area contributed by atoms with Crippen LogP contribution in [0.4, 0.5) is 0 Å². The molecular weight excluding hydrogens is 306 g/mol. The molecule has 0 N–H and O–H groups in total. The highest BCUT2D eigenvalue weighted by Gasteiger charge is 2.08. The predicted octanol–water partition coefficient (Wildman–Crippen LogP) is 5.18. The summed E-state index contributed by atoms with van der Waals surface area (Å²) in [5, 5.41) is 0. The minimum atomic E-state index is 1.09. The molecule has 0 fully saturated rings. The van der Waals surface area contributed by atoms with Gasteiger partial charge < -0.3 is 0 Å². The maximum atomic E-state index is 4.34. The molecule has 1 aromatic carbocycles. The number of hydrogen-bond acceptors (Lipinski definition) is 3. The average molecular weight is 323 g/mol. The first-order valence-electron chi connectivity index (χ1n) is 8.17. The third-order valence-corrected chi connectivity index (χ3v) is 4.13. The predicted molar refractivity (Wildman–Crippen MR) is 101 cm³/mol. The second-order valence-corrected chi connectivity index (χ2v) is 6.03. The molecular formula is C22H17N3. The zero-order chi connectivity index (χ0) is 17.1. The van der Waals surface area contributed by atoms with Gasteiger partial charge in [0.15, 0.2) is 0 Å². The number of rotatable bonds is 3. The molecule has 0 atom stereocenters. The van der Waals surface area contributed by atoms with Crippen LogP contribution in [0.15, 0.2) is 85.7 Å². The average Bonchev–Trinajstić information content (AvgIpc) is 2.69. The lowest BCUT2D eigenvalue weighted by Crippen LogP contribution is -1.88. The molecule has 3 aromatic heterocycles. The number of pyridine rings is 3. The van der Waals surface area contributed by atoms with Crippen LogP contribution in [0.5, 0.6) is 0 Å². The van der Waals surface area contributed by atoms with Crippen molar-refractivity contribution in [3.05, 3.63) is 91.3 Å². The van der Waals surface area contributed by atoms with Crippen molar-refractivity contribution in [1.82, 2.24) is 15.0 Å². The fourth-order valence-corrected chi connectivity index (χ4v) is 2.91. The fraction of sp³-hybridized carbons (Fsp3) is 0.0455. The van der Waals surface area contributed by atoms with E-state index in [2.05, 4.69) is 58.3 Å². The summed E-state index contributed by atoms with van der Waals surface area (Å²) in [6.07, 6.45) is 11.1. The summed E-state index contributed by atoms with van der Waals surface area (Å²) in [6.45, 7) is 2.06. The van der Waals surface area contributed by atoms with Crippen molar-refractivity contribution in [3.63, 3.8) is 0 Å². The molecule has 3 heteroatoms. The third kappa shape index (κ3) is 3.31. The Labute approximate surface area is 147 Å². The molecule has 0 saturated carbocycles. The molecule has 0 radical (unpaired) electrons. The summed E-state index contributed by atoms with van der Waals surface area (Å²) in [5.41, 5.74) is 7.83. The highest BCUT2D eigenvalue weighted by Crippen LogP contribution is 2.32. The van der Waals surface area contributed by atoms with Crippen LogP contribution in [0.1, 0.15) is 5.56 Å². The molecule has 120 valence electrons. The first-order valence-corrected chi connectivity index (χ1v) is 8.17. The van der Waals surface area contributed by atoms with Crippen molar-refractivity contribution in [3.8, 4) is 33.4 Å². The van der Waals surface area contributed by atoms with Crippen molar-refractivity contribution >= 4 is 0 Å². The summed E-state index contributed by atoms with van der Waals surface area (Å²) in [6, 6.07) is 16.8. The van der Waals surface area contributed by atoms with E-state index in [0.29, 0.717) is 0 Å². The molecule has 0 unspecified atom stereocenters. The maximum absolute atomic E-state index is 4.34. The van der Waals surface area contributed by atoms with Gasteiger partial charge in [-0.2, -0.15) is 0 Å². The van der Waals surface area contributed by atoms with E-state index in [1.165, 1.54) is 0 Å².